The summed E-state index contributed by atoms with van der Waals surface area (Å²) < 4.78 is 34.7. The first kappa shape index (κ1) is 24.1. The molecule has 2 rings (SSSR count). The fourth-order valence-electron chi connectivity index (χ4n) is 3.02. The topological polar surface area (TPSA) is 76.7 Å². The molecule has 6 nitrogen and oxygen atoms in total. The van der Waals surface area contributed by atoms with Crippen LogP contribution in [0.3, 0.4) is 0 Å². The molecule has 0 heterocycles. The molecule has 2 aromatic carbocycles. The van der Waals surface area contributed by atoms with Crippen LogP contribution in [0.1, 0.15) is 36.2 Å². The Kier molecular flexibility index (Phi) is 9.24. The Balaban J connectivity index is 1.99. The molecule has 2 atom stereocenters. The van der Waals surface area contributed by atoms with E-state index in [2.05, 4.69) is 15.4 Å². The molecule has 31 heavy (non-hydrogen) atoms. The third kappa shape index (κ3) is 7.24. The Morgan fingerprint density at radius 2 is 1.77 bits per heavy atom. The van der Waals surface area contributed by atoms with Gasteiger partial charge < -0.3 is 20.1 Å². The lowest BCUT2D eigenvalue weighted by Gasteiger charge is -2.23. The molecule has 2 N–H and O–H groups in total. The minimum atomic E-state index is -2.96. The maximum absolute atomic E-state index is 12.7. The number of methoxy groups -OCH3 is 1. The van der Waals surface area contributed by atoms with Crippen LogP contribution < -0.4 is 20.1 Å². The Labute approximate surface area is 180 Å². The molecule has 0 spiro atoms. The van der Waals surface area contributed by atoms with Crippen LogP contribution in [0.4, 0.5) is 8.78 Å². The van der Waals surface area contributed by atoms with Crippen molar-refractivity contribution in [1.29, 1.82) is 0 Å². The molecule has 2 unspecified atom stereocenters. The Hall–Kier alpha value is -3.16. The van der Waals surface area contributed by atoms with Crippen molar-refractivity contribution >= 4 is 11.8 Å². The molecular weight excluding hydrogens is 406 g/mol. The number of carbonyl (C=O) groups excluding carboxylic acids is 2. The van der Waals surface area contributed by atoms with Crippen LogP contribution in [0.5, 0.6) is 11.5 Å². The molecule has 0 aliphatic rings. The van der Waals surface area contributed by atoms with E-state index in [4.69, 9.17) is 4.74 Å². The summed E-state index contributed by atoms with van der Waals surface area (Å²) in [5.74, 6) is -0.539. The van der Waals surface area contributed by atoms with Gasteiger partial charge in [-0.1, -0.05) is 44.5 Å². The van der Waals surface area contributed by atoms with E-state index in [1.807, 2.05) is 19.9 Å². The number of carbonyl (C=O) groups is 2. The smallest absolute Gasteiger partial charge is 0.387 e. The highest BCUT2D eigenvalue weighted by atomic mass is 19.3. The predicted molar refractivity (Wildman–Crippen MR) is 113 cm³/mol. The second-order valence-electron chi connectivity index (χ2n) is 7.11. The van der Waals surface area contributed by atoms with Gasteiger partial charge in [0, 0.05) is 12.1 Å². The van der Waals surface area contributed by atoms with E-state index < -0.39 is 12.7 Å². The van der Waals surface area contributed by atoms with E-state index in [9.17, 15) is 18.4 Å². The normalized spacial score (nSPS) is 12.7. The molecule has 0 fully saturated rings. The summed E-state index contributed by atoms with van der Waals surface area (Å²) >= 11 is 0. The highest BCUT2D eigenvalue weighted by Crippen LogP contribution is 2.29. The van der Waals surface area contributed by atoms with Gasteiger partial charge in [-0.3, -0.25) is 9.59 Å². The second kappa shape index (κ2) is 11.9. The zero-order valence-electron chi connectivity index (χ0n) is 17.9. The summed E-state index contributed by atoms with van der Waals surface area (Å²) in [6.07, 6.45) is 1.11. The van der Waals surface area contributed by atoms with Gasteiger partial charge in [-0.25, -0.2) is 0 Å². The Morgan fingerprint density at radius 3 is 2.39 bits per heavy atom. The minimum absolute atomic E-state index is 0.0612. The van der Waals surface area contributed by atoms with Gasteiger partial charge >= 0.3 is 6.61 Å². The van der Waals surface area contributed by atoms with E-state index >= 15 is 0 Å². The van der Waals surface area contributed by atoms with Crippen LogP contribution in [0, 0.1) is 5.92 Å². The first-order chi connectivity index (χ1) is 14.8. The van der Waals surface area contributed by atoms with Crippen LogP contribution in [0.2, 0.25) is 0 Å². The average molecular weight is 434 g/mol. The number of alkyl halides is 2. The molecule has 0 radical (unpaired) electrons. The average Bonchev–Trinajstić information content (AvgIpc) is 2.77. The number of hydrogen-bond acceptors (Lipinski definition) is 4. The number of hydrogen-bond donors (Lipinski definition) is 2. The Bertz CT molecular complexity index is 862. The van der Waals surface area contributed by atoms with Gasteiger partial charge in [0.25, 0.3) is 5.91 Å². The zero-order valence-corrected chi connectivity index (χ0v) is 17.9. The van der Waals surface area contributed by atoms with Crippen molar-refractivity contribution in [3.63, 3.8) is 0 Å². The van der Waals surface area contributed by atoms with Crippen LogP contribution in [-0.2, 0) is 11.2 Å². The molecule has 8 heteroatoms. The fraction of sp³-hybridized carbons (Fsp3) is 0.391. The monoisotopic (exact) mass is 434 g/mol. The number of halogens is 2. The van der Waals surface area contributed by atoms with Crippen molar-refractivity contribution in [3.8, 4) is 11.5 Å². The summed E-state index contributed by atoms with van der Waals surface area (Å²) in [5, 5.41) is 5.63. The van der Waals surface area contributed by atoms with Gasteiger partial charge in [-0.15, -0.1) is 0 Å². The standard InChI is InChI=1S/C23H28F2N2O4/c1-4-15(2)20(27-21(28)17-8-6-5-7-9-17)22(29)26-13-12-16-10-11-18(30-3)19(14-16)31-23(24)25/h5-11,14-15,20,23H,4,12-13H2,1-3H3,(H,26,29)(H,27,28). The lowest BCUT2D eigenvalue weighted by atomic mass is 9.97. The first-order valence-electron chi connectivity index (χ1n) is 10.1. The van der Waals surface area contributed by atoms with Crippen molar-refractivity contribution in [1.82, 2.24) is 10.6 Å². The number of benzene rings is 2. The van der Waals surface area contributed by atoms with Crippen LogP contribution in [-0.4, -0.2) is 38.1 Å². The van der Waals surface area contributed by atoms with Gasteiger partial charge in [0.05, 0.1) is 7.11 Å². The quantitative estimate of drug-likeness (QED) is 0.564. The van der Waals surface area contributed by atoms with Crippen molar-refractivity contribution in [2.75, 3.05) is 13.7 Å². The SMILES string of the molecule is CCC(C)C(NC(=O)c1ccccc1)C(=O)NCCc1ccc(OC)c(OC(F)F)c1. The van der Waals surface area contributed by atoms with Gasteiger partial charge in [-0.2, -0.15) is 8.78 Å². The third-order valence-corrected chi connectivity index (χ3v) is 4.98. The molecule has 0 bridgehead atoms. The first-order valence-corrected chi connectivity index (χ1v) is 10.1. The van der Waals surface area contributed by atoms with Gasteiger partial charge in [0.15, 0.2) is 11.5 Å². The fourth-order valence-corrected chi connectivity index (χ4v) is 3.02. The summed E-state index contributed by atoms with van der Waals surface area (Å²) in [6, 6.07) is 12.7. The highest BCUT2D eigenvalue weighted by molar-refractivity contribution is 5.97. The molecule has 0 aliphatic carbocycles. The van der Waals surface area contributed by atoms with E-state index in [1.165, 1.54) is 19.2 Å². The maximum Gasteiger partial charge on any atom is 0.387 e. The number of ether oxygens (including phenoxy) is 2. The molecule has 168 valence electrons. The lowest BCUT2D eigenvalue weighted by molar-refractivity contribution is -0.124. The van der Waals surface area contributed by atoms with Crippen LogP contribution in [0.15, 0.2) is 48.5 Å². The van der Waals surface area contributed by atoms with Gasteiger partial charge in [-0.05, 0) is 42.2 Å². The number of rotatable bonds is 11. The molecule has 0 saturated heterocycles. The van der Waals surface area contributed by atoms with E-state index in [1.54, 1.807) is 30.3 Å². The second-order valence-corrected chi connectivity index (χ2v) is 7.11. The summed E-state index contributed by atoms with van der Waals surface area (Å²) in [7, 11) is 1.37. The van der Waals surface area contributed by atoms with Gasteiger partial charge in [0.1, 0.15) is 6.04 Å². The summed E-state index contributed by atoms with van der Waals surface area (Å²) in [5.41, 5.74) is 1.18. The summed E-state index contributed by atoms with van der Waals surface area (Å²) in [6.45, 7) is 1.15. The molecular formula is C23H28F2N2O4. The molecule has 2 amide bonds. The molecule has 0 aromatic heterocycles. The zero-order chi connectivity index (χ0) is 22.8. The Morgan fingerprint density at radius 1 is 1.06 bits per heavy atom. The molecule has 0 aliphatic heterocycles. The van der Waals surface area contributed by atoms with E-state index in [0.29, 0.717) is 24.0 Å². The van der Waals surface area contributed by atoms with Crippen molar-refractivity contribution in [2.24, 2.45) is 5.92 Å². The lowest BCUT2D eigenvalue weighted by Crippen LogP contribution is -2.50. The largest absolute Gasteiger partial charge is 0.493 e. The molecule has 2 aromatic rings. The number of nitrogens with one attached hydrogen (secondary N) is 2. The third-order valence-electron chi connectivity index (χ3n) is 4.98. The van der Waals surface area contributed by atoms with Crippen LogP contribution in [0.25, 0.3) is 0 Å². The maximum atomic E-state index is 12.7. The predicted octanol–water partition coefficient (Wildman–Crippen LogP) is 3.80. The summed E-state index contributed by atoms with van der Waals surface area (Å²) in [4.78, 5) is 25.2. The van der Waals surface area contributed by atoms with Crippen molar-refractivity contribution in [3.05, 3.63) is 59.7 Å². The number of amides is 2. The van der Waals surface area contributed by atoms with Gasteiger partial charge in [0.2, 0.25) is 5.91 Å². The minimum Gasteiger partial charge on any atom is -0.493 e. The molecule has 0 saturated carbocycles. The van der Waals surface area contributed by atoms with E-state index in [0.717, 1.165) is 0 Å². The van der Waals surface area contributed by atoms with Crippen LogP contribution >= 0.6 is 0 Å². The highest BCUT2D eigenvalue weighted by Gasteiger charge is 2.26. The van der Waals surface area contributed by atoms with Crippen molar-refractivity contribution in [2.45, 2.75) is 39.3 Å². The van der Waals surface area contributed by atoms with E-state index in [-0.39, 0.29) is 35.8 Å². The van der Waals surface area contributed by atoms with Crippen molar-refractivity contribution < 1.29 is 27.8 Å².